The minimum atomic E-state index is 0.134. The molecule has 0 radical (unpaired) electrons. The molecule has 3 nitrogen and oxygen atoms in total. The van der Waals surface area contributed by atoms with Gasteiger partial charge < -0.3 is 9.64 Å². The molecular weight excluding hydrogens is 262 g/mol. The van der Waals surface area contributed by atoms with Gasteiger partial charge in [0.25, 0.3) is 5.91 Å². The van der Waals surface area contributed by atoms with Gasteiger partial charge in [0.2, 0.25) is 0 Å². The van der Waals surface area contributed by atoms with Crippen LogP contribution < -0.4 is 4.74 Å². The van der Waals surface area contributed by atoms with Gasteiger partial charge in [0.1, 0.15) is 5.75 Å². The molecule has 114 valence electrons. The Bertz CT molecular complexity index is 490. The predicted molar refractivity (Wildman–Crippen MR) is 83.6 cm³/mol. The van der Waals surface area contributed by atoms with Crippen LogP contribution in [0.25, 0.3) is 0 Å². The fourth-order valence-corrected chi connectivity index (χ4v) is 3.36. The molecule has 0 unspecified atom stereocenters. The Hall–Kier alpha value is -1.51. The maximum atomic E-state index is 12.2. The monoisotopic (exact) mass is 287 g/mol. The number of likely N-dealkylation sites (tertiary alicyclic amines) is 1. The summed E-state index contributed by atoms with van der Waals surface area (Å²) in [5.74, 6) is 0.980. The zero-order chi connectivity index (χ0) is 14.5. The molecule has 0 N–H and O–H groups in total. The number of carbonyl (C=O) groups is 1. The Labute approximate surface area is 127 Å². The van der Waals surface area contributed by atoms with E-state index in [0.29, 0.717) is 0 Å². The highest BCUT2D eigenvalue weighted by Crippen LogP contribution is 2.25. The summed E-state index contributed by atoms with van der Waals surface area (Å²) in [5.41, 5.74) is 2.86. The van der Waals surface area contributed by atoms with Crippen LogP contribution in [-0.4, -0.2) is 30.5 Å². The van der Waals surface area contributed by atoms with Gasteiger partial charge in [-0.15, -0.1) is 0 Å². The van der Waals surface area contributed by atoms with Crippen LogP contribution in [0.3, 0.4) is 0 Å². The molecule has 0 atom stereocenters. The van der Waals surface area contributed by atoms with E-state index < -0.39 is 0 Å². The lowest BCUT2D eigenvalue weighted by Crippen LogP contribution is -2.35. The van der Waals surface area contributed by atoms with E-state index in [9.17, 15) is 4.79 Å². The highest BCUT2D eigenvalue weighted by atomic mass is 16.5. The van der Waals surface area contributed by atoms with E-state index in [1.54, 1.807) is 0 Å². The van der Waals surface area contributed by atoms with E-state index >= 15 is 0 Å². The fourth-order valence-electron chi connectivity index (χ4n) is 3.36. The van der Waals surface area contributed by atoms with E-state index in [1.807, 2.05) is 11.0 Å². The Morgan fingerprint density at radius 2 is 1.67 bits per heavy atom. The van der Waals surface area contributed by atoms with Gasteiger partial charge in [0.05, 0.1) is 0 Å². The van der Waals surface area contributed by atoms with Crippen molar-refractivity contribution in [3.05, 3.63) is 29.3 Å². The van der Waals surface area contributed by atoms with Crippen LogP contribution in [0.2, 0.25) is 0 Å². The maximum Gasteiger partial charge on any atom is 0.260 e. The lowest BCUT2D eigenvalue weighted by atomic mass is 9.92. The molecule has 1 aliphatic carbocycles. The van der Waals surface area contributed by atoms with E-state index in [4.69, 9.17) is 4.74 Å². The van der Waals surface area contributed by atoms with E-state index in [2.05, 4.69) is 12.1 Å². The first-order valence-corrected chi connectivity index (χ1v) is 8.35. The molecule has 0 saturated carbocycles. The Morgan fingerprint density at radius 1 is 0.952 bits per heavy atom. The second kappa shape index (κ2) is 6.97. The van der Waals surface area contributed by atoms with Crippen LogP contribution in [0.5, 0.6) is 5.75 Å². The van der Waals surface area contributed by atoms with Gasteiger partial charge in [-0.25, -0.2) is 0 Å². The first-order chi connectivity index (χ1) is 10.3. The van der Waals surface area contributed by atoms with E-state index in [-0.39, 0.29) is 12.5 Å². The second-order valence-corrected chi connectivity index (χ2v) is 6.22. The molecule has 2 aliphatic rings. The summed E-state index contributed by atoms with van der Waals surface area (Å²) in [6.07, 6.45) is 9.64. The van der Waals surface area contributed by atoms with Crippen LogP contribution in [0.1, 0.15) is 49.7 Å². The SMILES string of the molecule is O=C(COc1ccc2c(c1)CCCC2)N1CCCCCC1. The van der Waals surface area contributed by atoms with Crippen molar-refractivity contribution in [3.63, 3.8) is 0 Å². The number of aryl methyl sites for hydroxylation is 2. The first kappa shape index (κ1) is 14.4. The minimum Gasteiger partial charge on any atom is -0.484 e. The molecule has 0 bridgehead atoms. The van der Waals surface area contributed by atoms with Crippen molar-refractivity contribution < 1.29 is 9.53 Å². The van der Waals surface area contributed by atoms with Crippen molar-refractivity contribution >= 4 is 5.91 Å². The highest BCUT2D eigenvalue weighted by Gasteiger charge is 2.16. The summed E-state index contributed by atoms with van der Waals surface area (Å²) in [4.78, 5) is 14.2. The zero-order valence-electron chi connectivity index (χ0n) is 12.8. The average molecular weight is 287 g/mol. The van der Waals surface area contributed by atoms with Gasteiger partial charge in [-0.3, -0.25) is 4.79 Å². The number of fused-ring (bicyclic) bond motifs is 1. The van der Waals surface area contributed by atoms with Crippen molar-refractivity contribution in [3.8, 4) is 5.75 Å². The average Bonchev–Trinajstić information content (AvgIpc) is 2.81. The smallest absolute Gasteiger partial charge is 0.260 e. The lowest BCUT2D eigenvalue weighted by molar-refractivity contribution is -0.133. The summed E-state index contributed by atoms with van der Waals surface area (Å²) in [6, 6.07) is 6.31. The van der Waals surface area contributed by atoms with Crippen molar-refractivity contribution in [1.82, 2.24) is 4.90 Å². The van der Waals surface area contributed by atoms with Gasteiger partial charge >= 0.3 is 0 Å². The van der Waals surface area contributed by atoms with Gasteiger partial charge in [-0.1, -0.05) is 18.9 Å². The predicted octanol–water partition coefficient (Wildman–Crippen LogP) is 3.35. The molecule has 3 heteroatoms. The number of carbonyl (C=O) groups excluding carboxylic acids is 1. The first-order valence-electron chi connectivity index (χ1n) is 8.35. The van der Waals surface area contributed by atoms with Crippen LogP contribution in [-0.2, 0) is 17.6 Å². The number of hydrogen-bond acceptors (Lipinski definition) is 2. The lowest BCUT2D eigenvalue weighted by Gasteiger charge is -2.21. The molecule has 3 rings (SSSR count). The molecule has 1 aliphatic heterocycles. The second-order valence-electron chi connectivity index (χ2n) is 6.22. The Morgan fingerprint density at radius 3 is 2.43 bits per heavy atom. The van der Waals surface area contributed by atoms with Crippen LogP contribution in [0, 0.1) is 0 Å². The Kier molecular flexibility index (Phi) is 4.79. The Balaban J connectivity index is 1.55. The third kappa shape index (κ3) is 3.78. The summed E-state index contributed by atoms with van der Waals surface area (Å²) in [7, 11) is 0. The molecule has 1 amide bonds. The molecule has 1 aromatic carbocycles. The van der Waals surface area contributed by atoms with Crippen molar-refractivity contribution in [2.45, 2.75) is 51.4 Å². The topological polar surface area (TPSA) is 29.5 Å². The normalized spacial score (nSPS) is 18.8. The third-order valence-electron chi connectivity index (χ3n) is 4.64. The van der Waals surface area contributed by atoms with Gasteiger partial charge in [-0.05, 0) is 61.8 Å². The van der Waals surface area contributed by atoms with Crippen LogP contribution in [0.15, 0.2) is 18.2 Å². The molecule has 1 saturated heterocycles. The van der Waals surface area contributed by atoms with Crippen LogP contribution in [0.4, 0.5) is 0 Å². The maximum absolute atomic E-state index is 12.2. The number of amides is 1. The van der Waals surface area contributed by atoms with Gasteiger partial charge in [0.15, 0.2) is 6.61 Å². The summed E-state index contributed by atoms with van der Waals surface area (Å²) in [6.45, 7) is 1.97. The third-order valence-corrected chi connectivity index (χ3v) is 4.64. The van der Waals surface area contributed by atoms with Crippen molar-refractivity contribution in [2.24, 2.45) is 0 Å². The number of benzene rings is 1. The molecule has 1 fully saturated rings. The largest absolute Gasteiger partial charge is 0.484 e. The fraction of sp³-hybridized carbons (Fsp3) is 0.611. The molecular formula is C18H25NO2. The molecule has 1 aromatic rings. The summed E-state index contributed by atoms with van der Waals surface area (Å²) in [5, 5.41) is 0. The highest BCUT2D eigenvalue weighted by molar-refractivity contribution is 5.77. The number of rotatable bonds is 3. The molecule has 1 heterocycles. The number of ether oxygens (including phenoxy) is 1. The van der Waals surface area contributed by atoms with Crippen molar-refractivity contribution in [1.29, 1.82) is 0 Å². The number of nitrogens with zero attached hydrogens (tertiary/aromatic N) is 1. The van der Waals surface area contributed by atoms with E-state index in [1.165, 1.54) is 43.2 Å². The zero-order valence-corrected chi connectivity index (χ0v) is 12.8. The minimum absolute atomic E-state index is 0.134. The van der Waals surface area contributed by atoms with Crippen molar-refractivity contribution in [2.75, 3.05) is 19.7 Å². The molecule has 0 spiro atoms. The van der Waals surface area contributed by atoms with Gasteiger partial charge in [-0.2, -0.15) is 0 Å². The molecule has 0 aromatic heterocycles. The number of hydrogen-bond donors (Lipinski definition) is 0. The quantitative estimate of drug-likeness (QED) is 0.853. The summed E-state index contributed by atoms with van der Waals surface area (Å²) < 4.78 is 5.74. The van der Waals surface area contributed by atoms with Crippen LogP contribution >= 0.6 is 0 Å². The summed E-state index contributed by atoms with van der Waals surface area (Å²) >= 11 is 0. The standard InChI is InChI=1S/C18H25NO2/c20-18(19-11-5-1-2-6-12-19)14-21-17-10-9-15-7-3-4-8-16(15)13-17/h9-10,13H,1-8,11-12,14H2. The van der Waals surface area contributed by atoms with E-state index in [0.717, 1.165) is 38.1 Å². The molecule has 21 heavy (non-hydrogen) atoms. The van der Waals surface area contributed by atoms with Gasteiger partial charge in [0, 0.05) is 13.1 Å².